The molecular formula is C22H26N2O2. The Morgan fingerprint density at radius 2 is 1.62 bits per heavy atom. The fourth-order valence-corrected chi connectivity index (χ4v) is 3.38. The van der Waals surface area contributed by atoms with E-state index in [2.05, 4.69) is 0 Å². The summed E-state index contributed by atoms with van der Waals surface area (Å²) >= 11 is 0. The molecule has 2 aromatic carbocycles. The number of carbonyl (C=O) groups is 2. The van der Waals surface area contributed by atoms with Crippen molar-refractivity contribution in [3.8, 4) is 0 Å². The highest BCUT2D eigenvalue weighted by Gasteiger charge is 2.20. The van der Waals surface area contributed by atoms with Gasteiger partial charge in [0.1, 0.15) is 0 Å². The SMILES string of the molecule is CCN(Cc1ccccc1)C(=O)c1cccc(C(=O)N2CCCCC2)c1. The van der Waals surface area contributed by atoms with Crippen molar-refractivity contribution >= 4 is 11.8 Å². The number of amides is 2. The molecule has 136 valence electrons. The zero-order valence-electron chi connectivity index (χ0n) is 15.4. The summed E-state index contributed by atoms with van der Waals surface area (Å²) in [6.07, 6.45) is 3.31. The first-order valence-corrected chi connectivity index (χ1v) is 9.41. The van der Waals surface area contributed by atoms with Crippen LogP contribution in [0.15, 0.2) is 54.6 Å². The minimum Gasteiger partial charge on any atom is -0.339 e. The van der Waals surface area contributed by atoms with Gasteiger partial charge in [0.05, 0.1) is 0 Å². The zero-order valence-corrected chi connectivity index (χ0v) is 15.4. The number of carbonyl (C=O) groups excluding carboxylic acids is 2. The maximum absolute atomic E-state index is 12.9. The predicted molar refractivity (Wildman–Crippen MR) is 103 cm³/mol. The summed E-state index contributed by atoms with van der Waals surface area (Å²) < 4.78 is 0. The molecule has 2 amide bonds. The second kappa shape index (κ2) is 8.65. The van der Waals surface area contributed by atoms with Crippen molar-refractivity contribution in [2.24, 2.45) is 0 Å². The molecule has 1 aliphatic rings. The van der Waals surface area contributed by atoms with Crippen molar-refractivity contribution < 1.29 is 9.59 Å². The van der Waals surface area contributed by atoms with Crippen LogP contribution in [0.3, 0.4) is 0 Å². The molecule has 0 aromatic heterocycles. The Labute approximate surface area is 155 Å². The fourth-order valence-electron chi connectivity index (χ4n) is 3.38. The standard InChI is InChI=1S/C22H26N2O2/c1-2-23(17-18-10-5-3-6-11-18)21(25)19-12-9-13-20(16-19)22(26)24-14-7-4-8-15-24/h3,5-6,9-13,16H,2,4,7-8,14-15,17H2,1H3. The van der Waals surface area contributed by atoms with Gasteiger partial charge in [-0.1, -0.05) is 36.4 Å². The molecule has 3 rings (SSSR count). The largest absolute Gasteiger partial charge is 0.339 e. The number of rotatable bonds is 5. The third-order valence-electron chi connectivity index (χ3n) is 4.88. The molecule has 0 unspecified atom stereocenters. The van der Waals surface area contributed by atoms with Gasteiger partial charge in [-0.05, 0) is 49.9 Å². The van der Waals surface area contributed by atoms with Gasteiger partial charge in [-0.3, -0.25) is 9.59 Å². The van der Waals surface area contributed by atoms with Gasteiger partial charge in [-0.2, -0.15) is 0 Å². The lowest BCUT2D eigenvalue weighted by atomic mass is 10.1. The summed E-state index contributed by atoms with van der Waals surface area (Å²) in [5.74, 6) is -0.00453. The number of hydrogen-bond acceptors (Lipinski definition) is 2. The fraction of sp³-hybridized carbons (Fsp3) is 0.364. The van der Waals surface area contributed by atoms with Gasteiger partial charge in [0, 0.05) is 37.3 Å². The Hall–Kier alpha value is -2.62. The van der Waals surface area contributed by atoms with Crippen LogP contribution >= 0.6 is 0 Å². The number of likely N-dealkylation sites (tertiary alicyclic amines) is 1. The predicted octanol–water partition coefficient (Wildman–Crippen LogP) is 3.98. The van der Waals surface area contributed by atoms with Crippen LogP contribution in [0.4, 0.5) is 0 Å². The Kier molecular flexibility index (Phi) is 6.05. The van der Waals surface area contributed by atoms with E-state index in [1.807, 2.05) is 42.2 Å². The summed E-state index contributed by atoms with van der Waals surface area (Å²) in [4.78, 5) is 29.3. The lowest BCUT2D eigenvalue weighted by Gasteiger charge is -2.27. The van der Waals surface area contributed by atoms with Gasteiger partial charge < -0.3 is 9.80 Å². The summed E-state index contributed by atoms with van der Waals surface area (Å²) in [5, 5.41) is 0. The van der Waals surface area contributed by atoms with E-state index in [0.29, 0.717) is 24.2 Å². The first-order chi connectivity index (χ1) is 12.7. The second-order valence-corrected chi connectivity index (χ2v) is 6.74. The molecule has 0 bridgehead atoms. The lowest BCUT2D eigenvalue weighted by Crippen LogP contribution is -2.36. The topological polar surface area (TPSA) is 40.6 Å². The van der Waals surface area contributed by atoms with Crippen molar-refractivity contribution in [3.05, 3.63) is 71.3 Å². The van der Waals surface area contributed by atoms with Gasteiger partial charge in [-0.15, -0.1) is 0 Å². The highest BCUT2D eigenvalue weighted by Crippen LogP contribution is 2.16. The minimum atomic E-state index is -0.0374. The molecule has 1 heterocycles. The van der Waals surface area contributed by atoms with Gasteiger partial charge in [0.15, 0.2) is 0 Å². The Morgan fingerprint density at radius 1 is 0.923 bits per heavy atom. The maximum Gasteiger partial charge on any atom is 0.254 e. The van der Waals surface area contributed by atoms with Crippen LogP contribution in [0.25, 0.3) is 0 Å². The first kappa shape index (κ1) is 18.2. The van der Waals surface area contributed by atoms with E-state index in [4.69, 9.17) is 0 Å². The van der Waals surface area contributed by atoms with Crippen molar-refractivity contribution in [1.29, 1.82) is 0 Å². The Bertz CT molecular complexity index is 752. The van der Waals surface area contributed by atoms with Crippen LogP contribution in [0.1, 0.15) is 52.5 Å². The molecule has 1 aliphatic heterocycles. The third kappa shape index (κ3) is 4.31. The molecule has 1 fully saturated rings. The van der Waals surface area contributed by atoms with Gasteiger partial charge in [0.2, 0.25) is 0 Å². The number of nitrogens with zero attached hydrogens (tertiary/aromatic N) is 2. The number of piperidine rings is 1. The van der Waals surface area contributed by atoms with Crippen LogP contribution < -0.4 is 0 Å². The van der Waals surface area contributed by atoms with Crippen LogP contribution in [-0.2, 0) is 6.54 Å². The van der Waals surface area contributed by atoms with E-state index in [9.17, 15) is 9.59 Å². The maximum atomic E-state index is 12.9. The van der Waals surface area contributed by atoms with Gasteiger partial charge in [0.25, 0.3) is 11.8 Å². The van der Waals surface area contributed by atoms with Crippen LogP contribution in [0.2, 0.25) is 0 Å². The molecule has 26 heavy (non-hydrogen) atoms. The van der Waals surface area contributed by atoms with Crippen LogP contribution in [-0.4, -0.2) is 41.2 Å². The van der Waals surface area contributed by atoms with E-state index in [0.717, 1.165) is 31.5 Å². The minimum absolute atomic E-state index is 0.0328. The van der Waals surface area contributed by atoms with Crippen molar-refractivity contribution in [3.63, 3.8) is 0 Å². The van der Waals surface area contributed by atoms with E-state index in [1.165, 1.54) is 6.42 Å². The molecule has 0 N–H and O–H groups in total. The van der Waals surface area contributed by atoms with E-state index in [-0.39, 0.29) is 11.8 Å². The van der Waals surface area contributed by atoms with E-state index >= 15 is 0 Å². The van der Waals surface area contributed by atoms with Crippen molar-refractivity contribution in [2.45, 2.75) is 32.7 Å². The summed E-state index contributed by atoms with van der Waals surface area (Å²) in [6, 6.07) is 17.1. The van der Waals surface area contributed by atoms with E-state index < -0.39 is 0 Å². The van der Waals surface area contributed by atoms with Crippen molar-refractivity contribution in [2.75, 3.05) is 19.6 Å². The van der Waals surface area contributed by atoms with Gasteiger partial charge >= 0.3 is 0 Å². The molecule has 0 saturated carbocycles. The summed E-state index contributed by atoms with van der Waals surface area (Å²) in [5.41, 5.74) is 2.28. The zero-order chi connectivity index (χ0) is 18.4. The normalized spacial score (nSPS) is 14.1. The first-order valence-electron chi connectivity index (χ1n) is 9.41. The molecule has 4 heteroatoms. The summed E-state index contributed by atoms with van der Waals surface area (Å²) in [7, 11) is 0. The highest BCUT2D eigenvalue weighted by atomic mass is 16.2. The second-order valence-electron chi connectivity index (χ2n) is 6.74. The number of benzene rings is 2. The third-order valence-corrected chi connectivity index (χ3v) is 4.88. The average molecular weight is 350 g/mol. The monoisotopic (exact) mass is 350 g/mol. The van der Waals surface area contributed by atoms with E-state index in [1.54, 1.807) is 29.2 Å². The molecule has 0 spiro atoms. The van der Waals surface area contributed by atoms with Crippen LogP contribution in [0.5, 0.6) is 0 Å². The number of hydrogen-bond donors (Lipinski definition) is 0. The van der Waals surface area contributed by atoms with Gasteiger partial charge in [-0.25, -0.2) is 0 Å². The average Bonchev–Trinajstić information content (AvgIpc) is 2.72. The lowest BCUT2D eigenvalue weighted by molar-refractivity contribution is 0.0724. The smallest absolute Gasteiger partial charge is 0.254 e. The molecule has 1 saturated heterocycles. The molecular weight excluding hydrogens is 324 g/mol. The molecule has 0 atom stereocenters. The van der Waals surface area contributed by atoms with Crippen molar-refractivity contribution in [1.82, 2.24) is 9.80 Å². The van der Waals surface area contributed by atoms with Crippen LogP contribution in [0, 0.1) is 0 Å². The summed E-state index contributed by atoms with van der Waals surface area (Å²) in [6.45, 7) is 4.79. The highest BCUT2D eigenvalue weighted by molar-refractivity contribution is 5.99. The molecule has 0 aliphatic carbocycles. The Balaban J connectivity index is 1.75. The molecule has 2 aromatic rings. The molecule has 0 radical (unpaired) electrons. The molecule has 4 nitrogen and oxygen atoms in total. The Morgan fingerprint density at radius 3 is 2.31 bits per heavy atom. The quantitative estimate of drug-likeness (QED) is 0.818.